The molecular weight excluding hydrogens is 310 g/mol. The van der Waals surface area contributed by atoms with E-state index in [1.54, 1.807) is 11.3 Å². The molecule has 0 bridgehead atoms. The molecule has 1 saturated heterocycles. The van der Waals surface area contributed by atoms with E-state index < -0.39 is 0 Å². The number of thiazole rings is 1. The Morgan fingerprint density at radius 3 is 3.17 bits per heavy atom. The number of ether oxygens (including phenoxy) is 1. The zero-order valence-electron chi connectivity index (χ0n) is 13.0. The molecule has 5 nitrogen and oxygen atoms in total. The van der Waals surface area contributed by atoms with Crippen molar-refractivity contribution in [2.75, 3.05) is 18.4 Å². The molecule has 0 radical (unpaired) electrons. The molecule has 2 aliphatic heterocycles. The van der Waals surface area contributed by atoms with Gasteiger partial charge in [-0.05, 0) is 11.6 Å². The summed E-state index contributed by atoms with van der Waals surface area (Å²) in [6.45, 7) is 4.33. The first-order valence-corrected chi connectivity index (χ1v) is 8.65. The number of likely N-dealkylation sites (tertiary alicyclic amines) is 1. The van der Waals surface area contributed by atoms with E-state index in [9.17, 15) is 4.79 Å². The molecule has 1 aromatic heterocycles. The number of rotatable bonds is 3. The quantitative estimate of drug-likeness (QED) is 0.941. The number of aromatic nitrogens is 1. The lowest BCUT2D eigenvalue weighted by atomic mass is 9.96. The average molecular weight is 329 g/mol. The molecule has 1 atom stereocenters. The summed E-state index contributed by atoms with van der Waals surface area (Å²) >= 11 is 1.54. The fraction of sp³-hybridized carbons (Fsp3) is 0.412. The van der Waals surface area contributed by atoms with Crippen molar-refractivity contribution < 1.29 is 9.53 Å². The summed E-state index contributed by atoms with van der Waals surface area (Å²) < 4.78 is 6.27. The summed E-state index contributed by atoms with van der Waals surface area (Å²) in [6.07, 6.45) is 3.91. The lowest BCUT2D eigenvalue weighted by Gasteiger charge is -2.23. The van der Waals surface area contributed by atoms with Crippen molar-refractivity contribution in [1.29, 1.82) is 0 Å². The van der Waals surface area contributed by atoms with Crippen molar-refractivity contribution in [3.8, 4) is 5.75 Å². The normalized spacial score (nSPS) is 23.0. The van der Waals surface area contributed by atoms with Crippen LogP contribution in [0.2, 0.25) is 0 Å². The molecule has 1 unspecified atom stereocenters. The van der Waals surface area contributed by atoms with Crippen molar-refractivity contribution in [3.05, 3.63) is 40.9 Å². The van der Waals surface area contributed by atoms with E-state index in [0.717, 1.165) is 38.2 Å². The van der Waals surface area contributed by atoms with Crippen molar-refractivity contribution in [2.45, 2.75) is 31.9 Å². The number of carbonyl (C=O) groups excluding carboxylic acids is 1. The Hall–Kier alpha value is -1.92. The van der Waals surface area contributed by atoms with Gasteiger partial charge < -0.3 is 10.1 Å². The van der Waals surface area contributed by atoms with Gasteiger partial charge in [0.1, 0.15) is 11.4 Å². The van der Waals surface area contributed by atoms with Crippen LogP contribution < -0.4 is 10.1 Å². The highest BCUT2D eigenvalue weighted by Gasteiger charge is 2.44. The van der Waals surface area contributed by atoms with Crippen LogP contribution in [0.25, 0.3) is 0 Å². The molecule has 1 spiro atoms. The third-order valence-electron chi connectivity index (χ3n) is 4.42. The summed E-state index contributed by atoms with van der Waals surface area (Å²) in [5.74, 6) is 0.961. The zero-order valence-corrected chi connectivity index (χ0v) is 13.9. The van der Waals surface area contributed by atoms with Gasteiger partial charge in [0.25, 0.3) is 0 Å². The number of amides is 1. The monoisotopic (exact) mass is 329 g/mol. The van der Waals surface area contributed by atoms with Crippen LogP contribution in [0, 0.1) is 0 Å². The summed E-state index contributed by atoms with van der Waals surface area (Å²) in [4.78, 5) is 18.9. The Morgan fingerprint density at radius 2 is 2.35 bits per heavy atom. The Bertz CT molecular complexity index is 718. The number of benzene rings is 1. The summed E-state index contributed by atoms with van der Waals surface area (Å²) in [5, 5.41) is 3.41. The summed E-state index contributed by atoms with van der Waals surface area (Å²) in [6, 6.07) is 8.34. The smallest absolute Gasteiger partial charge is 0.223 e. The zero-order chi connectivity index (χ0) is 15.9. The van der Waals surface area contributed by atoms with Crippen LogP contribution in [0.5, 0.6) is 5.75 Å². The maximum atomic E-state index is 11.1. The number of para-hydroxylation sites is 1. The first-order valence-electron chi connectivity index (χ1n) is 7.83. The molecule has 1 aromatic carbocycles. The first-order chi connectivity index (χ1) is 11.1. The van der Waals surface area contributed by atoms with Gasteiger partial charge in [-0.3, -0.25) is 9.69 Å². The number of nitrogens with zero attached hydrogens (tertiary/aromatic N) is 2. The number of hydrogen-bond acceptors (Lipinski definition) is 5. The van der Waals surface area contributed by atoms with E-state index in [-0.39, 0.29) is 11.5 Å². The van der Waals surface area contributed by atoms with Gasteiger partial charge >= 0.3 is 0 Å². The molecule has 0 saturated carbocycles. The Kier molecular flexibility index (Phi) is 3.58. The second kappa shape index (κ2) is 5.62. The average Bonchev–Trinajstić information content (AvgIpc) is 3.18. The van der Waals surface area contributed by atoms with Gasteiger partial charge in [0.05, 0.1) is 0 Å². The Morgan fingerprint density at radius 1 is 1.48 bits per heavy atom. The number of fused-ring (bicyclic) bond motifs is 1. The van der Waals surface area contributed by atoms with Gasteiger partial charge in [-0.2, -0.15) is 0 Å². The minimum Gasteiger partial charge on any atom is -0.485 e. The van der Waals surface area contributed by atoms with Gasteiger partial charge in [-0.1, -0.05) is 18.2 Å². The van der Waals surface area contributed by atoms with Crippen LogP contribution in [0.1, 0.15) is 23.8 Å². The van der Waals surface area contributed by atoms with Gasteiger partial charge in [0, 0.05) is 50.5 Å². The van der Waals surface area contributed by atoms with Crippen LogP contribution in [-0.4, -0.2) is 34.5 Å². The molecule has 2 aliphatic rings. The topological polar surface area (TPSA) is 54.5 Å². The van der Waals surface area contributed by atoms with E-state index in [0.29, 0.717) is 5.13 Å². The molecule has 3 heterocycles. The molecular formula is C17H19N3O2S. The first kappa shape index (κ1) is 14.7. The highest BCUT2D eigenvalue weighted by Crippen LogP contribution is 2.40. The summed E-state index contributed by atoms with van der Waals surface area (Å²) in [7, 11) is 0. The highest BCUT2D eigenvalue weighted by molar-refractivity contribution is 7.15. The van der Waals surface area contributed by atoms with Crippen molar-refractivity contribution >= 4 is 22.4 Å². The molecule has 4 rings (SSSR count). The largest absolute Gasteiger partial charge is 0.485 e. The Balaban J connectivity index is 1.40. The fourth-order valence-electron chi connectivity index (χ4n) is 3.47. The van der Waals surface area contributed by atoms with Crippen molar-refractivity contribution in [1.82, 2.24) is 9.88 Å². The SMILES string of the molecule is CC(=O)Nc1ncc(CN2CCC3(Cc4ccccc4O3)C2)s1. The van der Waals surface area contributed by atoms with Crippen molar-refractivity contribution in [2.24, 2.45) is 0 Å². The lowest BCUT2D eigenvalue weighted by Crippen LogP contribution is -2.37. The van der Waals surface area contributed by atoms with Crippen LogP contribution in [0.4, 0.5) is 5.13 Å². The third-order valence-corrected chi connectivity index (χ3v) is 5.32. The van der Waals surface area contributed by atoms with Crippen LogP contribution >= 0.6 is 11.3 Å². The molecule has 1 N–H and O–H groups in total. The lowest BCUT2D eigenvalue weighted by molar-refractivity contribution is -0.114. The van der Waals surface area contributed by atoms with Gasteiger partial charge in [-0.25, -0.2) is 4.98 Å². The van der Waals surface area contributed by atoms with Crippen LogP contribution in [0.3, 0.4) is 0 Å². The maximum absolute atomic E-state index is 11.1. The second-order valence-corrected chi connectivity index (χ2v) is 7.46. The number of hydrogen-bond donors (Lipinski definition) is 1. The van der Waals surface area contributed by atoms with Crippen LogP contribution in [-0.2, 0) is 17.8 Å². The molecule has 23 heavy (non-hydrogen) atoms. The number of nitrogens with one attached hydrogen (secondary N) is 1. The van der Waals surface area contributed by atoms with Crippen LogP contribution in [0.15, 0.2) is 30.5 Å². The standard InChI is InChI=1S/C17H19N3O2S/c1-12(21)19-16-18-9-14(23-16)10-20-7-6-17(11-20)8-13-4-2-3-5-15(13)22-17/h2-5,9H,6-8,10-11H2,1H3,(H,18,19,21). The predicted molar refractivity (Wildman–Crippen MR) is 89.8 cm³/mol. The van der Waals surface area contributed by atoms with Crippen molar-refractivity contribution in [3.63, 3.8) is 0 Å². The number of carbonyl (C=O) groups is 1. The molecule has 0 aliphatic carbocycles. The Labute approximate surface area is 139 Å². The highest BCUT2D eigenvalue weighted by atomic mass is 32.1. The minimum atomic E-state index is -0.0804. The van der Waals surface area contributed by atoms with Gasteiger partial charge in [0.2, 0.25) is 5.91 Å². The van der Waals surface area contributed by atoms with Gasteiger partial charge in [0.15, 0.2) is 5.13 Å². The van der Waals surface area contributed by atoms with E-state index in [1.807, 2.05) is 12.3 Å². The molecule has 1 amide bonds. The molecule has 2 aromatic rings. The van der Waals surface area contributed by atoms with E-state index in [2.05, 4.69) is 33.4 Å². The fourth-order valence-corrected chi connectivity index (χ4v) is 4.37. The third kappa shape index (κ3) is 2.96. The van der Waals surface area contributed by atoms with E-state index in [4.69, 9.17) is 4.74 Å². The molecule has 120 valence electrons. The van der Waals surface area contributed by atoms with E-state index >= 15 is 0 Å². The molecule has 6 heteroatoms. The maximum Gasteiger partial charge on any atom is 0.223 e. The second-order valence-electron chi connectivity index (χ2n) is 6.34. The number of anilines is 1. The van der Waals surface area contributed by atoms with E-state index in [1.165, 1.54) is 17.4 Å². The molecule has 1 fully saturated rings. The predicted octanol–water partition coefficient (Wildman–Crippen LogP) is 2.68. The summed E-state index contributed by atoms with van der Waals surface area (Å²) in [5.41, 5.74) is 1.26. The van der Waals surface area contributed by atoms with Gasteiger partial charge in [-0.15, -0.1) is 11.3 Å². The minimum absolute atomic E-state index is 0.0607.